The molecule has 3 aromatic carbocycles. The molecule has 2 N–H and O–H groups in total. The Balaban J connectivity index is 1.51. The number of unbranched alkanes of at least 4 members (excludes halogenated alkanes) is 10. The number of rotatable bonds is 23. The number of carbonyl (C=O) groups is 1. The molecule has 0 atom stereocenters. The molecule has 0 bridgehead atoms. The van der Waals surface area contributed by atoms with Crippen LogP contribution in [-0.2, 0) is 19.6 Å². The van der Waals surface area contributed by atoms with Crippen molar-refractivity contribution in [2.24, 2.45) is 15.0 Å². The summed E-state index contributed by atoms with van der Waals surface area (Å²) in [5.74, 6) is -0.463. The minimum Gasteiger partial charge on any atom is -0.483 e. The largest absolute Gasteiger partial charge is 0.483 e. The highest BCUT2D eigenvalue weighted by Gasteiger charge is 2.37. The number of nitrogens with zero attached hydrogens (tertiary/aromatic N) is 5. The number of halogens is 4. The molecule has 1 saturated heterocycles. The molecule has 4 rings (SSSR count). The molecule has 0 unspecified atom stereocenters. The third kappa shape index (κ3) is 14.7. The maximum absolute atomic E-state index is 14.1. The zero-order valence-corrected chi connectivity index (χ0v) is 36.9. The van der Waals surface area contributed by atoms with Gasteiger partial charge in [0.2, 0.25) is 10.0 Å². The predicted molar refractivity (Wildman–Crippen MR) is 240 cm³/mol. The summed E-state index contributed by atoms with van der Waals surface area (Å²) < 4.78 is 31.4. The van der Waals surface area contributed by atoms with Gasteiger partial charge >= 0.3 is 0 Å². The Kier molecular flexibility index (Phi) is 18.9. The topological polar surface area (TPSA) is 128 Å². The van der Waals surface area contributed by atoms with Crippen LogP contribution in [0.5, 0.6) is 0 Å². The molecule has 57 heavy (non-hydrogen) atoms. The quantitative estimate of drug-likeness (QED) is 0.0554. The Hall–Kier alpha value is -3.39. The summed E-state index contributed by atoms with van der Waals surface area (Å²) in [6.45, 7) is 8.04. The van der Waals surface area contributed by atoms with Crippen molar-refractivity contribution in [2.45, 2.75) is 91.4 Å². The average Bonchev–Trinajstić information content (AvgIpc) is 3.44. The smallest absolute Gasteiger partial charge is 0.299 e. The van der Waals surface area contributed by atoms with E-state index in [4.69, 9.17) is 61.1 Å². The van der Waals surface area contributed by atoms with Crippen molar-refractivity contribution in [1.82, 2.24) is 10.1 Å². The molecule has 3 aromatic rings. The molecule has 1 aliphatic rings. The molecule has 310 valence electrons. The number of aliphatic imine (C=N–C) groups is 3. The van der Waals surface area contributed by atoms with Crippen molar-refractivity contribution in [2.75, 3.05) is 42.4 Å². The van der Waals surface area contributed by atoms with E-state index in [1.54, 1.807) is 24.3 Å². The van der Waals surface area contributed by atoms with E-state index in [2.05, 4.69) is 22.1 Å². The molecule has 0 aromatic heterocycles. The lowest BCUT2D eigenvalue weighted by molar-refractivity contribution is -0.112. The maximum Gasteiger partial charge on any atom is 0.299 e. The predicted octanol–water partition coefficient (Wildman–Crippen LogP) is 11.3. The van der Waals surface area contributed by atoms with E-state index < -0.39 is 15.9 Å². The first-order chi connectivity index (χ1) is 27.3. The fourth-order valence-electron chi connectivity index (χ4n) is 6.21. The van der Waals surface area contributed by atoms with Crippen LogP contribution in [0.4, 0.5) is 28.4 Å². The van der Waals surface area contributed by atoms with Gasteiger partial charge in [0.05, 0.1) is 45.0 Å². The second kappa shape index (κ2) is 23.3. The second-order valence-corrected chi connectivity index (χ2v) is 17.4. The SMILES string of the molecule is CCCCCCCCCCCCCOC=Nc1ccc(Cl)c(N=C2NN(c3c(Cl)cc(Cl)cc3Cl)C(=O)C2=Nc2ccc(N(CC)CCNS(C)(=O)=O)cc2C)c1. The van der Waals surface area contributed by atoms with Crippen molar-refractivity contribution in [3.8, 4) is 0 Å². The summed E-state index contributed by atoms with van der Waals surface area (Å²) in [7, 11) is -3.31. The third-order valence-corrected chi connectivity index (χ3v) is 11.1. The number of ether oxygens (including phenoxy) is 1. The van der Waals surface area contributed by atoms with Gasteiger partial charge in [-0.1, -0.05) is 118 Å². The van der Waals surface area contributed by atoms with E-state index in [-0.39, 0.29) is 33.8 Å². The number of hydrogen-bond acceptors (Lipinski definition) is 8. The Labute approximate surface area is 357 Å². The van der Waals surface area contributed by atoms with Crippen LogP contribution in [0.3, 0.4) is 0 Å². The van der Waals surface area contributed by atoms with Gasteiger partial charge in [-0.25, -0.2) is 33.1 Å². The summed E-state index contributed by atoms with van der Waals surface area (Å²) in [5, 5.41) is 2.08. The number of hydrogen-bond donors (Lipinski definition) is 2. The molecule has 1 fully saturated rings. The van der Waals surface area contributed by atoms with Gasteiger partial charge in [-0.3, -0.25) is 10.2 Å². The standard InChI is InChI=1S/C41H53Cl4N7O4S/c1-5-7-8-9-10-11-12-13-14-15-16-23-56-28-46-31-17-19-33(43)37(27-31)49-40-38(41(53)52(50-40)39-34(44)25-30(42)26-35(39)45)48-36-20-18-32(24-29(36)3)51(6-2)22-21-47-57(4,54)55/h17-20,24-28,47H,5-16,21-23H2,1-4H3,(H,49,50). The zero-order chi connectivity index (χ0) is 41.4. The summed E-state index contributed by atoms with van der Waals surface area (Å²) in [4.78, 5) is 30.1. The van der Waals surface area contributed by atoms with E-state index in [9.17, 15) is 13.2 Å². The fraction of sp³-hybridized carbons (Fsp3) is 0.463. The molecular weight excluding hydrogens is 828 g/mol. The number of hydrazine groups is 1. The van der Waals surface area contributed by atoms with Gasteiger partial charge in [-0.15, -0.1) is 0 Å². The number of amides is 1. The summed E-state index contributed by atoms with van der Waals surface area (Å²) >= 11 is 25.9. The van der Waals surface area contributed by atoms with Crippen LogP contribution in [0, 0.1) is 6.92 Å². The normalized spacial score (nSPS) is 14.7. The molecular formula is C41H53Cl4N7O4S. The molecule has 0 saturated carbocycles. The highest BCUT2D eigenvalue weighted by Crippen LogP contribution is 2.38. The zero-order valence-electron chi connectivity index (χ0n) is 33.1. The van der Waals surface area contributed by atoms with E-state index in [0.29, 0.717) is 46.8 Å². The molecule has 0 radical (unpaired) electrons. The number of likely N-dealkylation sites (N-methyl/N-ethyl adjacent to an activating group) is 1. The van der Waals surface area contributed by atoms with Gasteiger partial charge in [0, 0.05) is 30.3 Å². The van der Waals surface area contributed by atoms with Gasteiger partial charge in [0.25, 0.3) is 5.91 Å². The van der Waals surface area contributed by atoms with Crippen LogP contribution in [0.15, 0.2) is 63.5 Å². The Morgan fingerprint density at radius 3 is 2.09 bits per heavy atom. The summed E-state index contributed by atoms with van der Waals surface area (Å²) in [6, 6.07) is 13.6. The highest BCUT2D eigenvalue weighted by atomic mass is 35.5. The molecule has 1 aliphatic heterocycles. The van der Waals surface area contributed by atoms with Crippen LogP contribution < -0.4 is 20.1 Å². The fourth-order valence-corrected chi connectivity index (χ4v) is 7.82. The van der Waals surface area contributed by atoms with Crippen LogP contribution >= 0.6 is 46.4 Å². The van der Waals surface area contributed by atoms with Crippen molar-refractivity contribution in [3.05, 3.63) is 74.2 Å². The lowest BCUT2D eigenvalue weighted by Crippen LogP contribution is -2.36. The monoisotopic (exact) mass is 879 g/mol. The maximum atomic E-state index is 14.1. The summed E-state index contributed by atoms with van der Waals surface area (Å²) in [6.07, 6.45) is 16.4. The van der Waals surface area contributed by atoms with E-state index in [1.165, 1.54) is 81.3 Å². The van der Waals surface area contributed by atoms with E-state index in [1.807, 2.05) is 30.9 Å². The lowest BCUT2D eigenvalue weighted by atomic mass is 10.1. The molecule has 1 amide bonds. The number of benzene rings is 3. The number of sulfonamides is 1. The average molecular weight is 882 g/mol. The van der Waals surface area contributed by atoms with Crippen LogP contribution in [0.1, 0.15) is 90.0 Å². The number of aryl methyl sites for hydroxylation is 1. The Bertz CT molecular complexity index is 2000. The summed E-state index contributed by atoms with van der Waals surface area (Å²) in [5.41, 5.74) is 6.22. The molecule has 0 spiro atoms. The van der Waals surface area contributed by atoms with Gasteiger partial charge in [-0.2, -0.15) is 0 Å². The minimum absolute atomic E-state index is 0.0158. The second-order valence-electron chi connectivity index (χ2n) is 13.9. The molecule has 11 nitrogen and oxygen atoms in total. The van der Waals surface area contributed by atoms with Gasteiger partial charge < -0.3 is 9.64 Å². The first-order valence-electron chi connectivity index (χ1n) is 19.5. The van der Waals surface area contributed by atoms with Gasteiger partial charge in [0.15, 0.2) is 17.9 Å². The van der Waals surface area contributed by atoms with Crippen LogP contribution in [-0.4, -0.2) is 64.8 Å². The Morgan fingerprint density at radius 1 is 0.825 bits per heavy atom. The first-order valence-corrected chi connectivity index (χ1v) is 22.9. The van der Waals surface area contributed by atoms with E-state index in [0.717, 1.165) is 30.3 Å². The Morgan fingerprint density at radius 2 is 1.47 bits per heavy atom. The highest BCUT2D eigenvalue weighted by molar-refractivity contribution is 7.88. The van der Waals surface area contributed by atoms with Crippen molar-refractivity contribution in [3.63, 3.8) is 0 Å². The van der Waals surface area contributed by atoms with E-state index >= 15 is 0 Å². The number of nitrogens with one attached hydrogen (secondary N) is 2. The van der Waals surface area contributed by atoms with Gasteiger partial charge in [-0.05, 0) is 74.4 Å². The van der Waals surface area contributed by atoms with Crippen LogP contribution in [0.2, 0.25) is 20.1 Å². The first kappa shape index (κ1) is 46.3. The minimum atomic E-state index is -3.31. The third-order valence-electron chi connectivity index (χ3n) is 9.26. The van der Waals surface area contributed by atoms with Crippen LogP contribution in [0.25, 0.3) is 0 Å². The number of amidine groups is 1. The number of carbonyl (C=O) groups excluding carboxylic acids is 1. The van der Waals surface area contributed by atoms with Crippen molar-refractivity contribution < 1.29 is 17.9 Å². The number of anilines is 2. The molecule has 0 aliphatic carbocycles. The van der Waals surface area contributed by atoms with Crippen molar-refractivity contribution >= 4 is 109 Å². The van der Waals surface area contributed by atoms with Crippen molar-refractivity contribution in [1.29, 1.82) is 0 Å². The lowest BCUT2D eigenvalue weighted by Gasteiger charge is -2.23. The molecule has 16 heteroatoms. The molecule has 1 heterocycles. The van der Waals surface area contributed by atoms with Gasteiger partial charge in [0.1, 0.15) is 5.69 Å².